The van der Waals surface area contributed by atoms with Crippen LogP contribution in [0.4, 0.5) is 5.82 Å². The molecule has 1 aromatic carbocycles. The van der Waals surface area contributed by atoms with Crippen LogP contribution < -0.4 is 10.1 Å². The van der Waals surface area contributed by atoms with Crippen molar-refractivity contribution in [3.05, 3.63) is 36.0 Å². The third kappa shape index (κ3) is 5.12. The number of methoxy groups -OCH3 is 1. The van der Waals surface area contributed by atoms with Crippen LogP contribution in [-0.4, -0.2) is 46.2 Å². The number of nitrogens with zero attached hydrogens (tertiary/aromatic N) is 3. The van der Waals surface area contributed by atoms with Crippen LogP contribution in [0, 0.1) is 0 Å². The van der Waals surface area contributed by atoms with Crippen LogP contribution in [0.3, 0.4) is 0 Å². The Kier molecular flexibility index (Phi) is 6.48. The molecule has 7 nitrogen and oxygen atoms in total. The zero-order chi connectivity index (χ0) is 21.1. The Morgan fingerprint density at radius 2 is 1.82 bits per heavy atom. The second kappa shape index (κ2) is 8.46. The monoisotopic (exact) mass is 386 g/mol. The molecular formula is C21H30N4O3. The van der Waals surface area contributed by atoms with Gasteiger partial charge in [0.05, 0.1) is 18.5 Å². The van der Waals surface area contributed by atoms with E-state index in [-0.39, 0.29) is 29.8 Å². The SMILES string of the molecule is COc1ccc(-n2nc(C(C)(C)C)cc2NC(=O)CN(C(C)=O)C(C)C)cc1. The van der Waals surface area contributed by atoms with Gasteiger partial charge in [0.1, 0.15) is 18.1 Å². The average Bonchev–Trinajstić information content (AvgIpc) is 3.03. The number of hydrogen-bond acceptors (Lipinski definition) is 4. The van der Waals surface area contributed by atoms with Crippen molar-refractivity contribution in [2.24, 2.45) is 0 Å². The number of ether oxygens (including phenoxy) is 1. The highest BCUT2D eigenvalue weighted by Gasteiger charge is 2.23. The molecular weight excluding hydrogens is 356 g/mol. The first kappa shape index (κ1) is 21.5. The van der Waals surface area contributed by atoms with Gasteiger partial charge in [-0.25, -0.2) is 4.68 Å². The third-order valence-corrected chi connectivity index (χ3v) is 4.40. The standard InChI is InChI=1S/C21H30N4O3/c1-14(2)24(15(3)26)13-20(27)22-19-12-18(21(4,5)6)23-25(19)16-8-10-17(28-7)11-9-16/h8-12,14H,13H2,1-7H3,(H,22,27). The van der Waals surface area contributed by atoms with Gasteiger partial charge >= 0.3 is 0 Å². The smallest absolute Gasteiger partial charge is 0.245 e. The maximum atomic E-state index is 12.6. The van der Waals surface area contributed by atoms with Crippen LogP contribution >= 0.6 is 0 Å². The topological polar surface area (TPSA) is 76.5 Å². The Morgan fingerprint density at radius 1 is 1.21 bits per heavy atom. The van der Waals surface area contributed by atoms with E-state index in [2.05, 4.69) is 26.1 Å². The number of amides is 2. The van der Waals surface area contributed by atoms with Gasteiger partial charge in [0.25, 0.3) is 0 Å². The predicted octanol–water partition coefficient (Wildman–Crippen LogP) is 3.37. The van der Waals surface area contributed by atoms with Crippen molar-refractivity contribution in [1.29, 1.82) is 0 Å². The molecule has 152 valence electrons. The third-order valence-electron chi connectivity index (χ3n) is 4.40. The van der Waals surface area contributed by atoms with Crippen LogP contribution in [0.15, 0.2) is 30.3 Å². The molecule has 0 fully saturated rings. The summed E-state index contributed by atoms with van der Waals surface area (Å²) in [6, 6.07) is 9.26. The fraction of sp³-hybridized carbons (Fsp3) is 0.476. The van der Waals surface area contributed by atoms with E-state index >= 15 is 0 Å². The molecule has 0 aliphatic carbocycles. The predicted molar refractivity (Wildman–Crippen MR) is 110 cm³/mol. The summed E-state index contributed by atoms with van der Waals surface area (Å²) in [6.45, 7) is 11.4. The molecule has 0 atom stereocenters. The molecule has 0 saturated carbocycles. The first-order valence-corrected chi connectivity index (χ1v) is 9.35. The highest BCUT2D eigenvalue weighted by atomic mass is 16.5. The molecule has 0 aliphatic heterocycles. The van der Waals surface area contributed by atoms with Gasteiger partial charge in [-0.2, -0.15) is 5.10 Å². The molecule has 0 aliphatic rings. The van der Waals surface area contributed by atoms with Gasteiger partial charge in [-0.3, -0.25) is 9.59 Å². The van der Waals surface area contributed by atoms with Gasteiger partial charge in [0.2, 0.25) is 11.8 Å². The Morgan fingerprint density at radius 3 is 2.29 bits per heavy atom. The number of hydrogen-bond donors (Lipinski definition) is 1. The van der Waals surface area contributed by atoms with Crippen LogP contribution in [0.1, 0.15) is 47.2 Å². The zero-order valence-corrected chi connectivity index (χ0v) is 17.7. The van der Waals surface area contributed by atoms with E-state index in [1.807, 2.05) is 44.2 Å². The first-order chi connectivity index (χ1) is 13.0. The minimum atomic E-state index is -0.265. The Bertz CT molecular complexity index is 832. The van der Waals surface area contributed by atoms with Crippen LogP contribution in [0.2, 0.25) is 0 Å². The van der Waals surface area contributed by atoms with Gasteiger partial charge < -0.3 is 15.0 Å². The van der Waals surface area contributed by atoms with Crippen LogP contribution in [0.25, 0.3) is 5.69 Å². The van der Waals surface area contributed by atoms with Crippen molar-refractivity contribution < 1.29 is 14.3 Å². The van der Waals surface area contributed by atoms with Gasteiger partial charge in [-0.05, 0) is 38.1 Å². The van der Waals surface area contributed by atoms with Crippen molar-refractivity contribution in [3.63, 3.8) is 0 Å². The zero-order valence-electron chi connectivity index (χ0n) is 17.7. The van der Waals surface area contributed by atoms with Gasteiger partial charge in [-0.1, -0.05) is 20.8 Å². The fourth-order valence-electron chi connectivity index (χ4n) is 2.75. The van der Waals surface area contributed by atoms with E-state index in [1.54, 1.807) is 11.8 Å². The van der Waals surface area contributed by atoms with Crippen LogP contribution in [-0.2, 0) is 15.0 Å². The van der Waals surface area contributed by atoms with Crippen molar-refractivity contribution in [1.82, 2.24) is 14.7 Å². The summed E-state index contributed by atoms with van der Waals surface area (Å²) < 4.78 is 6.91. The lowest BCUT2D eigenvalue weighted by molar-refractivity contribution is -0.134. The Balaban J connectivity index is 2.35. The number of benzene rings is 1. The summed E-state index contributed by atoms with van der Waals surface area (Å²) in [6.07, 6.45) is 0. The summed E-state index contributed by atoms with van der Waals surface area (Å²) in [5.74, 6) is 0.905. The molecule has 2 amide bonds. The minimum absolute atomic E-state index is 0.00829. The van der Waals surface area contributed by atoms with E-state index < -0.39 is 0 Å². The molecule has 0 saturated heterocycles. The highest BCUT2D eigenvalue weighted by Crippen LogP contribution is 2.27. The molecule has 7 heteroatoms. The van der Waals surface area contributed by atoms with Gasteiger partial charge in [0, 0.05) is 24.4 Å². The lowest BCUT2D eigenvalue weighted by atomic mass is 9.92. The summed E-state index contributed by atoms with van der Waals surface area (Å²) in [5, 5.41) is 7.60. The lowest BCUT2D eigenvalue weighted by Gasteiger charge is -2.24. The minimum Gasteiger partial charge on any atom is -0.497 e. The van der Waals surface area contributed by atoms with E-state index in [0.717, 1.165) is 17.1 Å². The Hall–Kier alpha value is -2.83. The van der Waals surface area contributed by atoms with E-state index in [1.165, 1.54) is 11.8 Å². The molecule has 0 bridgehead atoms. The quantitative estimate of drug-likeness (QED) is 0.826. The van der Waals surface area contributed by atoms with Crippen molar-refractivity contribution in [3.8, 4) is 11.4 Å². The van der Waals surface area contributed by atoms with Crippen molar-refractivity contribution in [2.75, 3.05) is 19.0 Å². The lowest BCUT2D eigenvalue weighted by Crippen LogP contribution is -2.41. The molecule has 0 radical (unpaired) electrons. The summed E-state index contributed by atoms with van der Waals surface area (Å²) in [4.78, 5) is 25.9. The molecule has 1 aromatic heterocycles. The van der Waals surface area contributed by atoms with E-state index in [0.29, 0.717) is 5.82 Å². The molecule has 2 rings (SSSR count). The number of anilines is 1. The van der Waals surface area contributed by atoms with E-state index in [9.17, 15) is 9.59 Å². The molecule has 1 heterocycles. The maximum Gasteiger partial charge on any atom is 0.245 e. The number of nitrogens with one attached hydrogen (secondary N) is 1. The maximum absolute atomic E-state index is 12.6. The van der Waals surface area contributed by atoms with E-state index in [4.69, 9.17) is 9.84 Å². The van der Waals surface area contributed by atoms with Gasteiger partial charge in [-0.15, -0.1) is 0 Å². The molecule has 0 spiro atoms. The number of carbonyl (C=O) groups is 2. The first-order valence-electron chi connectivity index (χ1n) is 9.35. The molecule has 0 unspecified atom stereocenters. The molecule has 1 N–H and O–H groups in total. The van der Waals surface area contributed by atoms with Crippen LogP contribution in [0.5, 0.6) is 5.75 Å². The number of rotatable bonds is 6. The summed E-state index contributed by atoms with van der Waals surface area (Å²) in [5.41, 5.74) is 1.48. The molecule has 28 heavy (non-hydrogen) atoms. The molecule has 2 aromatic rings. The largest absolute Gasteiger partial charge is 0.497 e. The highest BCUT2D eigenvalue weighted by molar-refractivity contribution is 5.94. The number of carbonyl (C=O) groups excluding carboxylic acids is 2. The normalized spacial score (nSPS) is 11.4. The Labute approximate surface area is 166 Å². The number of aromatic nitrogens is 2. The summed E-state index contributed by atoms with van der Waals surface area (Å²) in [7, 11) is 1.61. The van der Waals surface area contributed by atoms with Crippen molar-refractivity contribution >= 4 is 17.6 Å². The summed E-state index contributed by atoms with van der Waals surface area (Å²) >= 11 is 0. The van der Waals surface area contributed by atoms with Gasteiger partial charge in [0.15, 0.2) is 0 Å². The second-order valence-corrected chi connectivity index (χ2v) is 8.06. The second-order valence-electron chi connectivity index (χ2n) is 8.06. The average molecular weight is 386 g/mol. The fourth-order valence-corrected chi connectivity index (χ4v) is 2.75. The van der Waals surface area contributed by atoms with Crippen molar-refractivity contribution in [2.45, 2.75) is 53.0 Å².